The van der Waals surface area contributed by atoms with E-state index in [2.05, 4.69) is 20.8 Å². The van der Waals surface area contributed by atoms with Crippen molar-refractivity contribution in [3.05, 3.63) is 64.4 Å². The van der Waals surface area contributed by atoms with Crippen LogP contribution in [-0.4, -0.2) is 31.7 Å². The Kier molecular flexibility index (Phi) is 5.37. The minimum absolute atomic E-state index is 0.0413. The van der Waals surface area contributed by atoms with Gasteiger partial charge in [-0.2, -0.15) is 0 Å². The monoisotopic (exact) mass is 411 g/mol. The molecule has 2 aromatic carbocycles. The Hall–Kier alpha value is -1.24. The number of rotatable bonds is 7. The van der Waals surface area contributed by atoms with E-state index in [1.54, 1.807) is 36.4 Å². The second-order valence-electron chi connectivity index (χ2n) is 6.07. The molecule has 0 radical (unpaired) electrons. The topological polar surface area (TPSA) is 37.4 Å². The molecule has 0 saturated heterocycles. The van der Waals surface area contributed by atoms with Crippen LogP contribution in [0.1, 0.15) is 18.4 Å². The molecule has 24 heavy (non-hydrogen) atoms. The summed E-state index contributed by atoms with van der Waals surface area (Å²) < 4.78 is 39.7. The molecule has 0 bridgehead atoms. The first-order valence-corrected chi connectivity index (χ1v) is 10.4. The van der Waals surface area contributed by atoms with Crippen molar-refractivity contribution in [1.29, 1.82) is 0 Å². The van der Waals surface area contributed by atoms with Crippen LogP contribution >= 0.6 is 15.9 Å². The molecule has 0 N–H and O–H groups in total. The van der Waals surface area contributed by atoms with Crippen molar-refractivity contribution in [3.63, 3.8) is 0 Å². The van der Waals surface area contributed by atoms with Crippen LogP contribution in [0.3, 0.4) is 0 Å². The van der Waals surface area contributed by atoms with Gasteiger partial charge in [-0.05, 0) is 43.2 Å². The summed E-state index contributed by atoms with van der Waals surface area (Å²) in [5.74, 6) is -0.196. The molecule has 1 aliphatic carbocycles. The third-order valence-electron chi connectivity index (χ3n) is 4.21. The lowest BCUT2D eigenvalue weighted by molar-refractivity contribution is 0.266. The molecule has 1 aliphatic rings. The van der Waals surface area contributed by atoms with E-state index in [9.17, 15) is 12.8 Å². The highest BCUT2D eigenvalue weighted by molar-refractivity contribution is 9.10. The van der Waals surface area contributed by atoms with E-state index in [-0.39, 0.29) is 11.6 Å². The molecule has 3 nitrogen and oxygen atoms in total. The van der Waals surface area contributed by atoms with Crippen LogP contribution in [0.15, 0.2) is 57.9 Å². The van der Waals surface area contributed by atoms with Crippen molar-refractivity contribution < 1.29 is 12.8 Å². The molecule has 128 valence electrons. The molecule has 6 heteroatoms. The van der Waals surface area contributed by atoms with E-state index in [0.717, 1.165) is 17.3 Å². The number of hydrogen-bond acceptors (Lipinski definition) is 3. The van der Waals surface area contributed by atoms with E-state index in [0.29, 0.717) is 29.6 Å². The summed E-state index contributed by atoms with van der Waals surface area (Å²) in [5.41, 5.74) is 0.616. The molecule has 0 amide bonds. The third kappa shape index (κ3) is 4.43. The van der Waals surface area contributed by atoms with Gasteiger partial charge in [0.2, 0.25) is 0 Å². The SMILES string of the molecule is O=S(=O)(CCN(Cc1ccccc1F)C1CC1)c1ccc(Br)cc1. The predicted molar refractivity (Wildman–Crippen MR) is 96.0 cm³/mol. The van der Waals surface area contributed by atoms with Crippen molar-refractivity contribution >= 4 is 25.8 Å². The molecule has 0 heterocycles. The van der Waals surface area contributed by atoms with Gasteiger partial charge in [-0.25, -0.2) is 12.8 Å². The normalized spacial score (nSPS) is 15.0. The molecule has 1 fully saturated rings. The number of nitrogens with zero attached hydrogens (tertiary/aromatic N) is 1. The van der Waals surface area contributed by atoms with Crippen LogP contribution in [0, 0.1) is 5.82 Å². The largest absolute Gasteiger partial charge is 0.295 e. The van der Waals surface area contributed by atoms with Crippen LogP contribution in [-0.2, 0) is 16.4 Å². The van der Waals surface area contributed by atoms with Gasteiger partial charge in [0, 0.05) is 29.2 Å². The molecule has 0 aliphatic heterocycles. The lowest BCUT2D eigenvalue weighted by Crippen LogP contribution is -2.31. The van der Waals surface area contributed by atoms with E-state index in [1.807, 2.05) is 6.07 Å². The molecular formula is C18H19BrFNO2S. The van der Waals surface area contributed by atoms with Gasteiger partial charge in [-0.1, -0.05) is 34.1 Å². The van der Waals surface area contributed by atoms with E-state index < -0.39 is 9.84 Å². The smallest absolute Gasteiger partial charge is 0.179 e. The average molecular weight is 412 g/mol. The molecule has 0 spiro atoms. The zero-order valence-corrected chi connectivity index (χ0v) is 15.6. The Morgan fingerprint density at radius 1 is 1.08 bits per heavy atom. The van der Waals surface area contributed by atoms with Gasteiger partial charge in [0.1, 0.15) is 5.82 Å². The Labute approximate surface area is 150 Å². The first kappa shape index (κ1) is 17.6. The summed E-state index contributed by atoms with van der Waals surface area (Å²) >= 11 is 3.31. The van der Waals surface area contributed by atoms with Gasteiger partial charge < -0.3 is 0 Å². The third-order valence-corrected chi connectivity index (χ3v) is 6.45. The van der Waals surface area contributed by atoms with Crippen molar-refractivity contribution in [3.8, 4) is 0 Å². The van der Waals surface area contributed by atoms with Gasteiger partial charge in [0.05, 0.1) is 10.6 Å². The zero-order chi connectivity index (χ0) is 17.2. The summed E-state index contributed by atoms with van der Waals surface area (Å²) in [6.45, 7) is 0.866. The Morgan fingerprint density at radius 2 is 1.75 bits per heavy atom. The van der Waals surface area contributed by atoms with Crippen molar-refractivity contribution in [2.45, 2.75) is 30.3 Å². The highest BCUT2D eigenvalue weighted by Crippen LogP contribution is 2.29. The summed E-state index contributed by atoms with van der Waals surface area (Å²) in [7, 11) is -3.34. The first-order valence-electron chi connectivity index (χ1n) is 7.91. The maximum absolute atomic E-state index is 13.9. The van der Waals surface area contributed by atoms with Crippen LogP contribution in [0.4, 0.5) is 4.39 Å². The maximum atomic E-state index is 13.9. The minimum atomic E-state index is -3.34. The standard InChI is InChI=1S/C18H19BrFNO2S/c19-15-5-9-17(10-6-15)24(22,23)12-11-21(16-7-8-16)13-14-3-1-2-4-18(14)20/h1-6,9-10,16H,7-8,11-13H2. The zero-order valence-electron chi connectivity index (χ0n) is 13.2. The molecule has 0 aromatic heterocycles. The van der Waals surface area contributed by atoms with Crippen molar-refractivity contribution in [2.24, 2.45) is 0 Å². The fourth-order valence-electron chi connectivity index (χ4n) is 2.67. The van der Waals surface area contributed by atoms with Crippen LogP contribution in [0.25, 0.3) is 0 Å². The molecule has 2 aromatic rings. The highest BCUT2D eigenvalue weighted by atomic mass is 79.9. The van der Waals surface area contributed by atoms with Gasteiger partial charge in [0.25, 0.3) is 0 Å². The number of halogens is 2. The summed E-state index contributed by atoms with van der Waals surface area (Å²) in [6, 6.07) is 13.7. The maximum Gasteiger partial charge on any atom is 0.179 e. The Bertz CT molecular complexity index is 804. The van der Waals surface area contributed by atoms with Gasteiger partial charge in [0.15, 0.2) is 9.84 Å². The fraction of sp³-hybridized carbons (Fsp3) is 0.333. The lowest BCUT2D eigenvalue weighted by atomic mass is 10.2. The van der Waals surface area contributed by atoms with Crippen molar-refractivity contribution in [1.82, 2.24) is 4.90 Å². The van der Waals surface area contributed by atoms with E-state index in [1.165, 1.54) is 6.07 Å². The number of benzene rings is 2. The molecular weight excluding hydrogens is 393 g/mol. The fourth-order valence-corrected chi connectivity index (χ4v) is 4.20. The second-order valence-corrected chi connectivity index (χ2v) is 9.09. The minimum Gasteiger partial charge on any atom is -0.295 e. The number of sulfone groups is 1. The lowest BCUT2D eigenvalue weighted by Gasteiger charge is -2.22. The second kappa shape index (κ2) is 7.33. The van der Waals surface area contributed by atoms with Crippen molar-refractivity contribution in [2.75, 3.05) is 12.3 Å². The highest BCUT2D eigenvalue weighted by Gasteiger charge is 2.30. The molecule has 0 unspecified atom stereocenters. The molecule has 0 atom stereocenters. The summed E-state index contributed by atoms with van der Waals surface area (Å²) in [5, 5.41) is 0. The van der Waals surface area contributed by atoms with Crippen LogP contribution in [0.2, 0.25) is 0 Å². The average Bonchev–Trinajstić information content (AvgIpc) is 3.38. The summed E-state index contributed by atoms with van der Waals surface area (Å²) in [6.07, 6.45) is 2.10. The van der Waals surface area contributed by atoms with Gasteiger partial charge in [-0.15, -0.1) is 0 Å². The van der Waals surface area contributed by atoms with E-state index >= 15 is 0 Å². The van der Waals surface area contributed by atoms with Crippen LogP contribution < -0.4 is 0 Å². The first-order chi connectivity index (χ1) is 11.5. The van der Waals surface area contributed by atoms with Crippen LogP contribution in [0.5, 0.6) is 0 Å². The number of hydrogen-bond donors (Lipinski definition) is 0. The summed E-state index contributed by atoms with van der Waals surface area (Å²) in [4.78, 5) is 2.40. The van der Waals surface area contributed by atoms with Gasteiger partial charge in [-0.3, -0.25) is 4.90 Å². The predicted octanol–water partition coefficient (Wildman–Crippen LogP) is 4.03. The Morgan fingerprint density at radius 3 is 2.38 bits per heavy atom. The van der Waals surface area contributed by atoms with E-state index in [4.69, 9.17) is 0 Å². The Balaban J connectivity index is 1.68. The quantitative estimate of drug-likeness (QED) is 0.689. The molecule has 1 saturated carbocycles. The molecule has 3 rings (SSSR count). The van der Waals surface area contributed by atoms with Gasteiger partial charge >= 0.3 is 0 Å².